The fourth-order valence-electron chi connectivity index (χ4n) is 7.13. The van der Waals surface area contributed by atoms with Crippen LogP contribution in [0.4, 0.5) is 0 Å². The standard InChI is InChI=1S/C30H51NO2/c1-22-11-14-26(33-20-8-19-31)21-25(22)13-12-24-10-7-18-30(5)27(15-16-28(24)30)23(2)9-6-17-29(3,4)32/h12-13,23,26-28,32H,1,6-11,14-21,31H2,2-5H3. The third kappa shape index (κ3) is 7.05. The summed E-state index contributed by atoms with van der Waals surface area (Å²) in [5.74, 6) is 2.29. The molecule has 0 aromatic rings. The van der Waals surface area contributed by atoms with Crippen molar-refractivity contribution >= 4 is 0 Å². The molecule has 3 fully saturated rings. The summed E-state index contributed by atoms with van der Waals surface area (Å²) in [6, 6.07) is 0. The zero-order chi connectivity index (χ0) is 24.1. The predicted molar refractivity (Wildman–Crippen MR) is 140 cm³/mol. The first-order valence-electron chi connectivity index (χ1n) is 13.8. The van der Waals surface area contributed by atoms with Crippen molar-refractivity contribution in [3.63, 3.8) is 0 Å². The summed E-state index contributed by atoms with van der Waals surface area (Å²) < 4.78 is 6.07. The Morgan fingerprint density at radius 2 is 2.00 bits per heavy atom. The average Bonchev–Trinajstić information content (AvgIpc) is 3.10. The van der Waals surface area contributed by atoms with E-state index in [2.05, 4.69) is 32.6 Å². The molecule has 33 heavy (non-hydrogen) atoms. The van der Waals surface area contributed by atoms with E-state index in [9.17, 15) is 5.11 Å². The SMILES string of the molecule is C=C1CCC(OCCCN)CC1=CC=C1CCCC2(C)C1CCC2C(C)CCCC(C)(C)O. The van der Waals surface area contributed by atoms with Crippen LogP contribution in [0.5, 0.6) is 0 Å². The van der Waals surface area contributed by atoms with Crippen LogP contribution < -0.4 is 5.73 Å². The van der Waals surface area contributed by atoms with E-state index in [1.54, 1.807) is 5.57 Å². The van der Waals surface area contributed by atoms with Gasteiger partial charge in [-0.25, -0.2) is 0 Å². The summed E-state index contributed by atoms with van der Waals surface area (Å²) in [5.41, 5.74) is 9.91. The highest BCUT2D eigenvalue weighted by Crippen LogP contribution is 2.60. The van der Waals surface area contributed by atoms with Crippen LogP contribution in [0.1, 0.15) is 105 Å². The monoisotopic (exact) mass is 457 g/mol. The summed E-state index contributed by atoms with van der Waals surface area (Å²) in [6.07, 6.45) is 19.2. The number of fused-ring (bicyclic) bond motifs is 1. The molecule has 188 valence electrons. The van der Waals surface area contributed by atoms with Gasteiger partial charge in [-0.1, -0.05) is 56.6 Å². The summed E-state index contributed by atoms with van der Waals surface area (Å²) in [5, 5.41) is 10.1. The Labute approximate surface area is 203 Å². The lowest BCUT2D eigenvalue weighted by atomic mass is 9.60. The average molecular weight is 458 g/mol. The molecule has 0 aromatic heterocycles. The van der Waals surface area contributed by atoms with Crippen molar-refractivity contribution in [3.8, 4) is 0 Å². The van der Waals surface area contributed by atoms with Crippen LogP contribution in [0.15, 0.2) is 35.5 Å². The topological polar surface area (TPSA) is 55.5 Å². The Kier molecular flexibility index (Phi) is 9.46. The van der Waals surface area contributed by atoms with Crippen molar-refractivity contribution in [2.45, 2.75) is 116 Å². The van der Waals surface area contributed by atoms with Gasteiger partial charge in [-0.15, -0.1) is 0 Å². The second-order valence-electron chi connectivity index (χ2n) is 12.2. The predicted octanol–water partition coefficient (Wildman–Crippen LogP) is 7.11. The van der Waals surface area contributed by atoms with Gasteiger partial charge in [0.1, 0.15) is 0 Å². The van der Waals surface area contributed by atoms with Gasteiger partial charge in [0.2, 0.25) is 0 Å². The first kappa shape index (κ1) is 26.7. The largest absolute Gasteiger partial charge is 0.390 e. The molecule has 0 heterocycles. The number of hydrogen-bond acceptors (Lipinski definition) is 3. The Bertz CT molecular complexity index is 715. The highest BCUT2D eigenvalue weighted by molar-refractivity contribution is 5.36. The highest BCUT2D eigenvalue weighted by Gasteiger charge is 2.50. The van der Waals surface area contributed by atoms with Gasteiger partial charge < -0.3 is 15.6 Å². The van der Waals surface area contributed by atoms with Crippen LogP contribution in [-0.2, 0) is 4.74 Å². The van der Waals surface area contributed by atoms with Crippen LogP contribution in [0.3, 0.4) is 0 Å². The number of nitrogens with two attached hydrogens (primary N) is 1. The van der Waals surface area contributed by atoms with E-state index in [1.165, 1.54) is 49.7 Å². The molecule has 0 aromatic carbocycles. The molecule has 0 bridgehead atoms. The third-order valence-electron chi connectivity index (χ3n) is 9.04. The molecule has 0 saturated heterocycles. The summed E-state index contributed by atoms with van der Waals surface area (Å²) >= 11 is 0. The molecule has 3 aliphatic carbocycles. The van der Waals surface area contributed by atoms with Crippen molar-refractivity contribution in [3.05, 3.63) is 35.5 Å². The molecular formula is C30H51NO2. The van der Waals surface area contributed by atoms with Crippen molar-refractivity contribution in [2.75, 3.05) is 13.2 Å². The molecule has 3 saturated carbocycles. The Morgan fingerprint density at radius 1 is 1.21 bits per heavy atom. The van der Waals surface area contributed by atoms with Gasteiger partial charge in [0.05, 0.1) is 11.7 Å². The van der Waals surface area contributed by atoms with Gasteiger partial charge in [-0.3, -0.25) is 0 Å². The quantitative estimate of drug-likeness (QED) is 0.344. The van der Waals surface area contributed by atoms with E-state index in [0.29, 0.717) is 18.1 Å². The molecule has 3 N–H and O–H groups in total. The van der Waals surface area contributed by atoms with Crippen LogP contribution in [0, 0.1) is 23.2 Å². The second kappa shape index (κ2) is 11.7. The van der Waals surface area contributed by atoms with Gasteiger partial charge in [0, 0.05) is 6.61 Å². The molecule has 3 aliphatic rings. The fraction of sp³-hybridized carbons (Fsp3) is 0.800. The number of aliphatic hydroxyl groups is 1. The van der Waals surface area contributed by atoms with Crippen molar-refractivity contribution < 1.29 is 9.84 Å². The molecular weight excluding hydrogens is 406 g/mol. The lowest BCUT2D eigenvalue weighted by Crippen LogP contribution is -2.36. The van der Waals surface area contributed by atoms with E-state index in [4.69, 9.17) is 10.5 Å². The molecule has 3 heteroatoms. The molecule has 3 nitrogen and oxygen atoms in total. The Balaban J connectivity index is 1.64. The highest BCUT2D eigenvalue weighted by atomic mass is 16.5. The minimum Gasteiger partial charge on any atom is -0.390 e. The summed E-state index contributed by atoms with van der Waals surface area (Å²) in [7, 11) is 0. The normalized spacial score (nSPS) is 34.1. The minimum atomic E-state index is -0.534. The minimum absolute atomic E-state index is 0.323. The van der Waals surface area contributed by atoms with Crippen molar-refractivity contribution in [2.24, 2.45) is 28.9 Å². The zero-order valence-corrected chi connectivity index (χ0v) is 22.0. The van der Waals surface area contributed by atoms with Gasteiger partial charge >= 0.3 is 0 Å². The number of ether oxygens (including phenoxy) is 1. The summed E-state index contributed by atoms with van der Waals surface area (Å²) in [6.45, 7) is 14.8. The molecule has 0 spiro atoms. The van der Waals surface area contributed by atoms with E-state index in [0.717, 1.165) is 62.9 Å². The first-order chi connectivity index (χ1) is 15.6. The summed E-state index contributed by atoms with van der Waals surface area (Å²) in [4.78, 5) is 0. The smallest absolute Gasteiger partial charge is 0.0618 e. The van der Waals surface area contributed by atoms with Gasteiger partial charge in [0.25, 0.3) is 0 Å². The second-order valence-corrected chi connectivity index (χ2v) is 12.2. The van der Waals surface area contributed by atoms with Crippen molar-refractivity contribution in [1.29, 1.82) is 0 Å². The number of rotatable bonds is 10. The molecule has 5 unspecified atom stereocenters. The molecule has 0 aliphatic heterocycles. The maximum absolute atomic E-state index is 10.1. The van der Waals surface area contributed by atoms with E-state index in [1.807, 2.05) is 13.8 Å². The fourth-order valence-corrected chi connectivity index (χ4v) is 7.13. The molecule has 0 radical (unpaired) electrons. The molecule has 3 rings (SSSR count). The third-order valence-corrected chi connectivity index (χ3v) is 9.04. The lowest BCUT2D eigenvalue weighted by molar-refractivity contribution is 0.0435. The van der Waals surface area contributed by atoms with E-state index < -0.39 is 5.60 Å². The van der Waals surface area contributed by atoms with Crippen LogP contribution in [-0.4, -0.2) is 30.0 Å². The first-order valence-corrected chi connectivity index (χ1v) is 13.8. The van der Waals surface area contributed by atoms with E-state index >= 15 is 0 Å². The maximum atomic E-state index is 10.1. The lowest BCUT2D eigenvalue weighted by Gasteiger charge is -2.44. The Morgan fingerprint density at radius 3 is 2.73 bits per heavy atom. The van der Waals surface area contributed by atoms with Gasteiger partial charge in [-0.05, 0) is 113 Å². The van der Waals surface area contributed by atoms with Crippen LogP contribution in [0.2, 0.25) is 0 Å². The van der Waals surface area contributed by atoms with Gasteiger partial charge in [-0.2, -0.15) is 0 Å². The Hall–Kier alpha value is -0.900. The van der Waals surface area contributed by atoms with Crippen LogP contribution >= 0.6 is 0 Å². The molecule has 5 atom stereocenters. The zero-order valence-electron chi connectivity index (χ0n) is 22.0. The number of hydrogen-bond donors (Lipinski definition) is 2. The van der Waals surface area contributed by atoms with Gasteiger partial charge in [0.15, 0.2) is 0 Å². The maximum Gasteiger partial charge on any atom is 0.0618 e. The molecule has 0 amide bonds. The van der Waals surface area contributed by atoms with Crippen molar-refractivity contribution in [1.82, 2.24) is 0 Å². The van der Waals surface area contributed by atoms with E-state index in [-0.39, 0.29) is 0 Å². The van der Waals surface area contributed by atoms with Crippen LogP contribution in [0.25, 0.3) is 0 Å². The number of allylic oxidation sites excluding steroid dienone is 4.